The average molecular weight is 727 g/mol. The van der Waals surface area contributed by atoms with Gasteiger partial charge in [-0.15, -0.1) is 5.10 Å². The van der Waals surface area contributed by atoms with Crippen molar-refractivity contribution in [3.8, 4) is 0 Å². The maximum atomic E-state index is 13.9. The number of pyridine rings is 1. The highest BCUT2D eigenvalue weighted by molar-refractivity contribution is 6.37. The quantitative estimate of drug-likeness (QED) is 0.0754. The number of nitrogens with one attached hydrogen (secondary N) is 4. The molecule has 1 fully saturated rings. The van der Waals surface area contributed by atoms with Gasteiger partial charge in [0.15, 0.2) is 0 Å². The molecule has 5 rings (SSSR count). The second-order valence-corrected chi connectivity index (χ2v) is 13.2. The number of likely N-dealkylation sites (tertiary alicyclic amines) is 1. The van der Waals surface area contributed by atoms with Crippen molar-refractivity contribution in [1.29, 1.82) is 0 Å². The first kappa shape index (κ1) is 38.0. The van der Waals surface area contributed by atoms with Gasteiger partial charge >= 0.3 is 6.03 Å². The van der Waals surface area contributed by atoms with Crippen LogP contribution in [0, 0.1) is 0 Å². The van der Waals surface area contributed by atoms with E-state index in [1.165, 1.54) is 22.0 Å². The van der Waals surface area contributed by atoms with Crippen LogP contribution in [0.3, 0.4) is 0 Å². The molecule has 3 heterocycles. The van der Waals surface area contributed by atoms with E-state index in [9.17, 15) is 33.9 Å². The SMILES string of the molecule is CC(C)(O)c1cnnn1[C@H]1C[C@@H](C(=O)NC(CCCCNC(=O)Nc2cccnc2)C(=O)C(N)=O)N(C(=O)CNC(=O)c2ccc3ccccc3c2)C1. The highest BCUT2D eigenvalue weighted by Crippen LogP contribution is 2.31. The van der Waals surface area contributed by atoms with Crippen LogP contribution in [-0.4, -0.2) is 97.1 Å². The molecule has 278 valence electrons. The summed E-state index contributed by atoms with van der Waals surface area (Å²) in [5, 5.41) is 31.1. The van der Waals surface area contributed by atoms with Gasteiger partial charge in [0.05, 0.1) is 42.4 Å². The topological polar surface area (TPSA) is 244 Å². The van der Waals surface area contributed by atoms with Crippen molar-refractivity contribution in [1.82, 2.24) is 40.8 Å². The minimum absolute atomic E-state index is 0.0239. The van der Waals surface area contributed by atoms with Crippen LogP contribution in [0.25, 0.3) is 10.8 Å². The summed E-state index contributed by atoms with van der Waals surface area (Å²) in [6.07, 6.45) is 5.23. The number of unbranched alkanes of at least 4 members (excludes halogenated alkanes) is 1. The first-order chi connectivity index (χ1) is 25.3. The van der Waals surface area contributed by atoms with E-state index in [0.717, 1.165) is 10.8 Å². The van der Waals surface area contributed by atoms with E-state index >= 15 is 0 Å². The van der Waals surface area contributed by atoms with Gasteiger partial charge in [0.1, 0.15) is 11.6 Å². The van der Waals surface area contributed by atoms with Crippen LogP contribution in [0.4, 0.5) is 10.5 Å². The third-order valence-corrected chi connectivity index (χ3v) is 8.86. The van der Waals surface area contributed by atoms with E-state index in [1.54, 1.807) is 50.4 Å². The zero-order valence-corrected chi connectivity index (χ0v) is 29.3. The molecule has 1 aliphatic heterocycles. The zero-order chi connectivity index (χ0) is 38.1. The van der Waals surface area contributed by atoms with Crippen molar-refractivity contribution in [3.05, 3.63) is 84.4 Å². The lowest BCUT2D eigenvalue weighted by Crippen LogP contribution is -2.53. The van der Waals surface area contributed by atoms with Gasteiger partial charge < -0.3 is 37.0 Å². The van der Waals surface area contributed by atoms with Crippen LogP contribution in [0.1, 0.15) is 61.6 Å². The molecule has 17 heteroatoms. The van der Waals surface area contributed by atoms with E-state index in [1.807, 2.05) is 24.3 Å². The molecule has 0 aliphatic carbocycles. The Balaban J connectivity index is 1.25. The number of ketones is 1. The van der Waals surface area contributed by atoms with Gasteiger partial charge in [-0.1, -0.05) is 35.5 Å². The number of carbonyl (C=O) groups is 6. The molecule has 6 amide bonds. The molecule has 0 spiro atoms. The second-order valence-electron chi connectivity index (χ2n) is 13.2. The number of urea groups is 1. The van der Waals surface area contributed by atoms with Gasteiger partial charge in [-0.25, -0.2) is 9.48 Å². The number of hydrogen-bond acceptors (Lipinski definition) is 10. The molecular weight excluding hydrogens is 684 g/mol. The van der Waals surface area contributed by atoms with Crippen LogP contribution in [0.2, 0.25) is 0 Å². The largest absolute Gasteiger partial charge is 0.384 e. The Morgan fingerprint density at radius 3 is 2.47 bits per heavy atom. The highest BCUT2D eigenvalue weighted by atomic mass is 16.3. The summed E-state index contributed by atoms with van der Waals surface area (Å²) >= 11 is 0. The lowest BCUT2D eigenvalue weighted by molar-refractivity contribution is -0.141. The van der Waals surface area contributed by atoms with E-state index in [0.29, 0.717) is 29.8 Å². The molecule has 1 unspecified atom stereocenters. The molecule has 7 N–H and O–H groups in total. The molecule has 1 saturated heterocycles. The van der Waals surface area contributed by atoms with Gasteiger partial charge in [0, 0.05) is 31.3 Å². The first-order valence-corrected chi connectivity index (χ1v) is 17.1. The Morgan fingerprint density at radius 2 is 1.75 bits per heavy atom. The summed E-state index contributed by atoms with van der Waals surface area (Å²) < 4.78 is 1.45. The average Bonchev–Trinajstić information content (AvgIpc) is 3.82. The monoisotopic (exact) mass is 726 g/mol. The van der Waals surface area contributed by atoms with Gasteiger partial charge in [0.25, 0.3) is 11.8 Å². The maximum absolute atomic E-state index is 13.9. The van der Waals surface area contributed by atoms with Crippen LogP contribution >= 0.6 is 0 Å². The number of primary amides is 1. The highest BCUT2D eigenvalue weighted by Gasteiger charge is 2.43. The lowest BCUT2D eigenvalue weighted by Gasteiger charge is -2.26. The van der Waals surface area contributed by atoms with Crippen LogP contribution in [0.15, 0.2) is 73.2 Å². The predicted octanol–water partition coefficient (Wildman–Crippen LogP) is 1.16. The number of aliphatic hydroxyl groups is 1. The number of anilines is 1. The number of nitrogens with two attached hydrogens (primary N) is 1. The van der Waals surface area contributed by atoms with E-state index in [4.69, 9.17) is 5.73 Å². The molecule has 53 heavy (non-hydrogen) atoms. The van der Waals surface area contributed by atoms with Crippen LogP contribution in [-0.2, 0) is 24.8 Å². The molecule has 1 aliphatic rings. The van der Waals surface area contributed by atoms with E-state index in [-0.39, 0.29) is 25.9 Å². The van der Waals surface area contributed by atoms with E-state index < -0.39 is 65.7 Å². The number of benzene rings is 2. The first-order valence-electron chi connectivity index (χ1n) is 17.1. The molecule has 17 nitrogen and oxygen atoms in total. The summed E-state index contributed by atoms with van der Waals surface area (Å²) in [6.45, 7) is 2.86. The van der Waals surface area contributed by atoms with Crippen molar-refractivity contribution >= 4 is 51.9 Å². The Morgan fingerprint density at radius 1 is 0.981 bits per heavy atom. The number of rotatable bonds is 15. The minimum atomic E-state index is -1.35. The third-order valence-electron chi connectivity index (χ3n) is 8.86. The number of Topliss-reactive ketones (excluding diaryl/α,β-unsaturated/α-hetero) is 1. The minimum Gasteiger partial charge on any atom is -0.384 e. The molecule has 3 atom stereocenters. The number of nitrogens with zero attached hydrogens (tertiary/aromatic N) is 5. The van der Waals surface area contributed by atoms with Crippen molar-refractivity contribution in [2.75, 3.05) is 25.0 Å². The Labute approximate surface area is 304 Å². The molecule has 0 saturated carbocycles. The van der Waals surface area contributed by atoms with Crippen molar-refractivity contribution < 1.29 is 33.9 Å². The number of fused-ring (bicyclic) bond motifs is 1. The summed E-state index contributed by atoms with van der Waals surface area (Å²) in [5.74, 6) is -4.05. The fourth-order valence-electron chi connectivity index (χ4n) is 6.15. The van der Waals surface area contributed by atoms with Gasteiger partial charge in [-0.05, 0) is 68.1 Å². The van der Waals surface area contributed by atoms with Crippen molar-refractivity contribution in [2.24, 2.45) is 5.73 Å². The molecule has 2 aromatic heterocycles. The van der Waals surface area contributed by atoms with E-state index in [2.05, 4.69) is 36.6 Å². The van der Waals surface area contributed by atoms with Gasteiger partial charge in [0.2, 0.25) is 17.6 Å². The summed E-state index contributed by atoms with van der Waals surface area (Å²) in [4.78, 5) is 82.8. The Bertz CT molecular complexity index is 1980. The number of amides is 6. The smallest absolute Gasteiger partial charge is 0.319 e. The lowest BCUT2D eigenvalue weighted by atomic mass is 10.0. The fraction of sp³-hybridized carbons (Fsp3) is 0.361. The Kier molecular flexibility index (Phi) is 12.1. The number of aromatic nitrogens is 4. The standard InChI is InChI=1S/C36H42N10O7/c1-36(2,53)29-19-41-44-46(29)26-17-28(45(21-26)30(47)20-40-33(50)24-13-12-22-8-3-4-9-23(22)16-24)34(51)43-27(31(48)32(37)49)11-5-6-15-39-35(52)42-25-10-7-14-38-18-25/h3-4,7-10,12-14,16,18-19,26-28,53H,5-6,11,15,17,20-21H2,1-2H3,(H2,37,49)(H,40,50)(H,43,51)(H2,39,42,52)/t26-,27?,28-/m0/s1. The normalized spacial score (nSPS) is 16.1. The molecule has 0 bridgehead atoms. The maximum Gasteiger partial charge on any atom is 0.319 e. The summed E-state index contributed by atoms with van der Waals surface area (Å²) in [5.41, 5.74) is 5.18. The van der Waals surface area contributed by atoms with Crippen molar-refractivity contribution in [2.45, 2.75) is 63.3 Å². The second kappa shape index (κ2) is 16.9. The number of carbonyl (C=O) groups excluding carboxylic acids is 6. The Hall–Kier alpha value is -6.23. The predicted molar refractivity (Wildman–Crippen MR) is 192 cm³/mol. The summed E-state index contributed by atoms with van der Waals surface area (Å²) in [6, 6.07) is 12.5. The van der Waals surface area contributed by atoms with Crippen molar-refractivity contribution in [3.63, 3.8) is 0 Å². The van der Waals surface area contributed by atoms with Crippen LogP contribution < -0.4 is 27.0 Å². The molecule has 0 radical (unpaired) electrons. The molecule has 4 aromatic rings. The third kappa shape index (κ3) is 9.76. The van der Waals surface area contributed by atoms with Gasteiger partial charge in [-0.3, -0.25) is 29.0 Å². The van der Waals surface area contributed by atoms with Crippen LogP contribution in [0.5, 0.6) is 0 Å². The zero-order valence-electron chi connectivity index (χ0n) is 29.3. The van der Waals surface area contributed by atoms with Gasteiger partial charge in [-0.2, -0.15) is 0 Å². The fourth-order valence-corrected chi connectivity index (χ4v) is 6.15. The summed E-state index contributed by atoms with van der Waals surface area (Å²) in [7, 11) is 0. The molecule has 2 aromatic carbocycles. The number of hydrogen-bond donors (Lipinski definition) is 6. The molecular formula is C36H42N10O7.